The Morgan fingerprint density at radius 3 is 2.76 bits per heavy atom. The highest BCUT2D eigenvalue weighted by atomic mass is 35.5. The van der Waals surface area contributed by atoms with Gasteiger partial charge in [0.25, 0.3) is 0 Å². The molecule has 1 aromatic carbocycles. The highest BCUT2D eigenvalue weighted by Gasteiger charge is 2.09. The molecular formula is C14H19ClN2O4. The number of rotatable bonds is 7. The maximum absolute atomic E-state index is 11.7. The summed E-state index contributed by atoms with van der Waals surface area (Å²) >= 11 is 5.93. The van der Waals surface area contributed by atoms with E-state index in [0.29, 0.717) is 23.7 Å². The Kier molecular flexibility index (Phi) is 6.81. The van der Waals surface area contributed by atoms with Crippen molar-refractivity contribution in [1.82, 2.24) is 10.2 Å². The molecule has 0 aliphatic carbocycles. The smallest absolute Gasteiger partial charge is 0.317 e. The number of nitrogens with one attached hydrogen (secondary N) is 1. The summed E-state index contributed by atoms with van der Waals surface area (Å²) < 4.78 is 5.12. The van der Waals surface area contributed by atoms with Crippen LogP contribution in [-0.4, -0.2) is 49.3 Å². The number of carboxylic acids is 1. The average Bonchev–Trinajstić information content (AvgIpc) is 2.46. The minimum atomic E-state index is -0.928. The third-order valence-electron chi connectivity index (χ3n) is 2.91. The lowest BCUT2D eigenvalue weighted by molar-refractivity contribution is -0.137. The van der Waals surface area contributed by atoms with Gasteiger partial charge in [-0.2, -0.15) is 0 Å². The van der Waals surface area contributed by atoms with Crippen molar-refractivity contribution in [2.75, 3.05) is 27.2 Å². The zero-order valence-corrected chi connectivity index (χ0v) is 12.8. The monoisotopic (exact) mass is 314 g/mol. The summed E-state index contributed by atoms with van der Waals surface area (Å²) in [7, 11) is 3.10. The van der Waals surface area contributed by atoms with Crippen LogP contribution in [0.3, 0.4) is 0 Å². The van der Waals surface area contributed by atoms with Crippen LogP contribution >= 0.6 is 11.6 Å². The average molecular weight is 315 g/mol. The first kappa shape index (κ1) is 17.1. The van der Waals surface area contributed by atoms with E-state index in [0.717, 1.165) is 5.56 Å². The largest absolute Gasteiger partial charge is 0.495 e. The van der Waals surface area contributed by atoms with Crippen molar-refractivity contribution in [1.29, 1.82) is 0 Å². The number of carboxylic acid groups (broad SMARTS) is 1. The van der Waals surface area contributed by atoms with Crippen LogP contribution in [0.25, 0.3) is 0 Å². The number of aliphatic carboxylic acids is 1. The lowest BCUT2D eigenvalue weighted by Crippen LogP contribution is -2.39. The van der Waals surface area contributed by atoms with Gasteiger partial charge in [-0.15, -0.1) is 0 Å². The Labute approximate surface area is 128 Å². The summed E-state index contributed by atoms with van der Waals surface area (Å²) in [6.45, 7) is 0.622. The third-order valence-corrected chi connectivity index (χ3v) is 3.23. The van der Waals surface area contributed by atoms with Crippen molar-refractivity contribution in [2.45, 2.75) is 12.8 Å². The summed E-state index contributed by atoms with van der Waals surface area (Å²) in [6.07, 6.45) is 0.560. The van der Waals surface area contributed by atoms with Gasteiger partial charge in [0.15, 0.2) is 0 Å². The number of hydrogen-bond acceptors (Lipinski definition) is 3. The third kappa shape index (κ3) is 5.91. The summed E-state index contributed by atoms with van der Waals surface area (Å²) in [6, 6.07) is 5.14. The van der Waals surface area contributed by atoms with Gasteiger partial charge in [0, 0.05) is 20.1 Å². The van der Waals surface area contributed by atoms with Gasteiger partial charge in [0.2, 0.25) is 0 Å². The van der Waals surface area contributed by atoms with Crippen molar-refractivity contribution in [2.24, 2.45) is 0 Å². The lowest BCUT2D eigenvalue weighted by atomic mass is 10.1. The summed E-state index contributed by atoms with van der Waals surface area (Å²) in [4.78, 5) is 23.5. The molecule has 0 saturated carbocycles. The molecule has 7 heteroatoms. The molecule has 1 rings (SSSR count). The van der Waals surface area contributed by atoms with Crippen LogP contribution in [-0.2, 0) is 11.2 Å². The zero-order chi connectivity index (χ0) is 15.8. The molecule has 0 saturated heterocycles. The molecule has 0 aliphatic rings. The molecule has 2 amide bonds. The van der Waals surface area contributed by atoms with Crippen LogP contribution in [0.2, 0.25) is 5.02 Å². The van der Waals surface area contributed by atoms with Crippen LogP contribution in [0.5, 0.6) is 5.75 Å². The van der Waals surface area contributed by atoms with Crippen LogP contribution in [0.1, 0.15) is 12.0 Å². The van der Waals surface area contributed by atoms with Gasteiger partial charge in [-0.25, -0.2) is 4.79 Å². The maximum atomic E-state index is 11.7. The Morgan fingerprint density at radius 1 is 1.43 bits per heavy atom. The molecule has 0 atom stereocenters. The number of carbonyl (C=O) groups excluding carboxylic acids is 1. The number of ether oxygens (including phenoxy) is 1. The first-order valence-electron chi connectivity index (χ1n) is 6.47. The molecule has 0 heterocycles. The van der Waals surface area contributed by atoms with Crippen molar-refractivity contribution in [3.8, 4) is 5.75 Å². The molecule has 2 N–H and O–H groups in total. The van der Waals surface area contributed by atoms with Gasteiger partial charge in [-0.05, 0) is 24.1 Å². The van der Waals surface area contributed by atoms with E-state index in [9.17, 15) is 9.59 Å². The second kappa shape index (κ2) is 8.36. The highest BCUT2D eigenvalue weighted by molar-refractivity contribution is 6.32. The number of hydrogen-bond donors (Lipinski definition) is 2. The number of carbonyl (C=O) groups is 2. The van der Waals surface area contributed by atoms with Crippen molar-refractivity contribution in [3.05, 3.63) is 28.8 Å². The Hall–Kier alpha value is -1.95. The van der Waals surface area contributed by atoms with Gasteiger partial charge < -0.3 is 20.1 Å². The molecule has 21 heavy (non-hydrogen) atoms. The van der Waals surface area contributed by atoms with Gasteiger partial charge in [-0.1, -0.05) is 17.7 Å². The fourth-order valence-corrected chi connectivity index (χ4v) is 1.87. The molecule has 1 aromatic rings. The van der Waals surface area contributed by atoms with E-state index >= 15 is 0 Å². The van der Waals surface area contributed by atoms with E-state index in [-0.39, 0.29) is 19.0 Å². The van der Waals surface area contributed by atoms with Gasteiger partial charge in [0.1, 0.15) is 5.75 Å². The number of benzene rings is 1. The SMILES string of the molecule is COc1cc(CCNC(=O)N(C)CCC(=O)O)ccc1Cl. The lowest BCUT2D eigenvalue weighted by Gasteiger charge is -2.17. The Balaban J connectivity index is 2.39. The van der Waals surface area contributed by atoms with E-state index in [2.05, 4.69) is 5.32 Å². The molecular weight excluding hydrogens is 296 g/mol. The van der Waals surface area contributed by atoms with E-state index < -0.39 is 5.97 Å². The number of halogens is 1. The minimum absolute atomic E-state index is 0.0711. The van der Waals surface area contributed by atoms with E-state index in [1.165, 1.54) is 4.90 Å². The minimum Gasteiger partial charge on any atom is -0.495 e. The summed E-state index contributed by atoms with van der Waals surface area (Å²) in [5.74, 6) is -0.332. The van der Waals surface area contributed by atoms with Crippen molar-refractivity contribution in [3.63, 3.8) is 0 Å². The highest BCUT2D eigenvalue weighted by Crippen LogP contribution is 2.24. The van der Waals surface area contributed by atoms with Crippen LogP contribution in [0, 0.1) is 0 Å². The van der Waals surface area contributed by atoms with Gasteiger partial charge >= 0.3 is 12.0 Å². The Morgan fingerprint density at radius 2 is 2.14 bits per heavy atom. The van der Waals surface area contributed by atoms with Crippen LogP contribution in [0.15, 0.2) is 18.2 Å². The first-order chi connectivity index (χ1) is 9.93. The fraction of sp³-hybridized carbons (Fsp3) is 0.429. The first-order valence-corrected chi connectivity index (χ1v) is 6.85. The Bertz CT molecular complexity index is 508. The molecule has 0 aliphatic heterocycles. The molecule has 0 spiro atoms. The molecule has 0 unspecified atom stereocenters. The molecule has 0 aromatic heterocycles. The maximum Gasteiger partial charge on any atom is 0.317 e. The zero-order valence-electron chi connectivity index (χ0n) is 12.1. The summed E-state index contributed by atoms with van der Waals surface area (Å²) in [5, 5.41) is 11.8. The molecule has 6 nitrogen and oxygen atoms in total. The summed E-state index contributed by atoms with van der Waals surface area (Å²) in [5.41, 5.74) is 0.990. The number of amides is 2. The van der Waals surface area contributed by atoms with E-state index in [1.54, 1.807) is 20.2 Å². The molecule has 116 valence electrons. The quantitative estimate of drug-likeness (QED) is 0.807. The number of urea groups is 1. The van der Waals surface area contributed by atoms with Crippen LogP contribution in [0.4, 0.5) is 4.79 Å². The normalized spacial score (nSPS) is 10.0. The van der Waals surface area contributed by atoms with Crippen molar-refractivity contribution < 1.29 is 19.4 Å². The molecule has 0 fully saturated rings. The second-order valence-electron chi connectivity index (χ2n) is 4.52. The second-order valence-corrected chi connectivity index (χ2v) is 4.92. The van der Waals surface area contributed by atoms with Gasteiger partial charge in [-0.3, -0.25) is 4.79 Å². The van der Waals surface area contributed by atoms with Gasteiger partial charge in [0.05, 0.1) is 18.6 Å². The number of methoxy groups -OCH3 is 1. The predicted molar refractivity (Wildman–Crippen MR) is 80.0 cm³/mol. The van der Waals surface area contributed by atoms with Crippen molar-refractivity contribution >= 4 is 23.6 Å². The van der Waals surface area contributed by atoms with Crippen LogP contribution < -0.4 is 10.1 Å². The predicted octanol–water partition coefficient (Wildman–Crippen LogP) is 2.01. The number of nitrogens with zero attached hydrogens (tertiary/aromatic N) is 1. The molecule has 0 bridgehead atoms. The fourth-order valence-electron chi connectivity index (χ4n) is 1.67. The standard InChI is InChI=1S/C14H19ClN2O4/c1-17(8-6-13(18)19)14(20)16-7-5-10-3-4-11(15)12(9-10)21-2/h3-4,9H,5-8H2,1-2H3,(H,16,20)(H,18,19). The topological polar surface area (TPSA) is 78.9 Å². The van der Waals surface area contributed by atoms with E-state index in [1.807, 2.05) is 12.1 Å². The van der Waals surface area contributed by atoms with E-state index in [4.69, 9.17) is 21.4 Å². The molecule has 0 radical (unpaired) electrons.